The molecule has 1 aromatic carbocycles. The van der Waals surface area contributed by atoms with Crippen molar-refractivity contribution in [2.45, 2.75) is 39.0 Å². The standard InChI is InChI=1S/C14H18BNO6/c1-7-9(5-4-8-6-22-15(21)10(7)8)12(17)16-11(13(18)19)14(2,3)20/h4-5,11,20-21H,6H2,1-3H3,(H,16,17)(H,18,19)/t11-/m1/s1. The molecule has 0 aromatic heterocycles. The number of nitrogens with one attached hydrogen (secondary N) is 1. The normalized spacial score (nSPS) is 15.4. The van der Waals surface area contributed by atoms with Crippen LogP contribution in [0.15, 0.2) is 12.1 Å². The van der Waals surface area contributed by atoms with Crippen molar-refractivity contribution in [3.05, 3.63) is 28.8 Å². The van der Waals surface area contributed by atoms with Gasteiger partial charge in [-0.15, -0.1) is 0 Å². The lowest BCUT2D eigenvalue weighted by atomic mass is 9.75. The number of aliphatic carboxylic acids is 1. The van der Waals surface area contributed by atoms with Gasteiger partial charge in [-0.1, -0.05) is 6.07 Å². The Balaban J connectivity index is 2.31. The third-order valence-corrected chi connectivity index (χ3v) is 3.72. The third-order valence-electron chi connectivity index (χ3n) is 3.72. The molecule has 0 saturated heterocycles. The zero-order valence-corrected chi connectivity index (χ0v) is 12.6. The molecule has 4 N–H and O–H groups in total. The van der Waals surface area contributed by atoms with Crippen LogP contribution in [0.1, 0.15) is 35.3 Å². The summed E-state index contributed by atoms with van der Waals surface area (Å²) in [4.78, 5) is 23.5. The quantitative estimate of drug-likeness (QED) is 0.539. The van der Waals surface area contributed by atoms with E-state index in [1.54, 1.807) is 19.1 Å². The summed E-state index contributed by atoms with van der Waals surface area (Å²) in [7, 11) is -1.09. The highest BCUT2D eigenvalue weighted by atomic mass is 16.5. The smallest absolute Gasteiger partial charge is 0.480 e. The van der Waals surface area contributed by atoms with Gasteiger partial charge in [0.05, 0.1) is 12.2 Å². The van der Waals surface area contributed by atoms with Gasteiger partial charge in [-0.05, 0) is 43.4 Å². The number of fused-ring (bicyclic) bond motifs is 1. The highest BCUT2D eigenvalue weighted by Gasteiger charge is 2.36. The first-order chi connectivity index (χ1) is 10.1. The van der Waals surface area contributed by atoms with Gasteiger partial charge in [0.1, 0.15) is 0 Å². The zero-order valence-electron chi connectivity index (χ0n) is 12.6. The van der Waals surface area contributed by atoms with Crippen LogP contribution in [0.25, 0.3) is 0 Å². The lowest BCUT2D eigenvalue weighted by Gasteiger charge is -2.26. The molecule has 1 aliphatic rings. The average Bonchev–Trinajstić information content (AvgIpc) is 2.77. The number of carboxylic acid groups (broad SMARTS) is 1. The van der Waals surface area contributed by atoms with Crippen molar-refractivity contribution in [1.29, 1.82) is 0 Å². The van der Waals surface area contributed by atoms with Gasteiger partial charge in [-0.2, -0.15) is 0 Å². The predicted octanol–water partition coefficient (Wildman–Crippen LogP) is -0.833. The molecule has 8 heteroatoms. The molecule has 7 nitrogen and oxygen atoms in total. The number of carboxylic acids is 1. The number of aliphatic hydroxyl groups is 1. The van der Waals surface area contributed by atoms with Crippen LogP contribution in [-0.2, 0) is 16.1 Å². The molecule has 0 fully saturated rings. The maximum Gasteiger partial charge on any atom is 0.492 e. The van der Waals surface area contributed by atoms with Crippen molar-refractivity contribution in [2.75, 3.05) is 0 Å². The van der Waals surface area contributed by atoms with E-state index in [4.69, 9.17) is 9.76 Å². The fraction of sp³-hybridized carbons (Fsp3) is 0.429. The highest BCUT2D eigenvalue weighted by molar-refractivity contribution is 6.62. The molecule has 1 atom stereocenters. The topological polar surface area (TPSA) is 116 Å². The first-order valence-corrected chi connectivity index (χ1v) is 6.81. The van der Waals surface area contributed by atoms with Crippen molar-refractivity contribution in [3.63, 3.8) is 0 Å². The van der Waals surface area contributed by atoms with Crippen LogP contribution in [0.2, 0.25) is 0 Å². The third kappa shape index (κ3) is 2.99. The molecule has 1 aromatic rings. The van der Waals surface area contributed by atoms with E-state index in [2.05, 4.69) is 5.32 Å². The zero-order chi connectivity index (χ0) is 16.7. The molecule has 0 bridgehead atoms. The maximum atomic E-state index is 12.3. The average molecular weight is 307 g/mol. The molecule has 1 heterocycles. The molecule has 2 rings (SSSR count). The molecule has 1 aliphatic heterocycles. The Labute approximate surface area is 128 Å². The Morgan fingerprint density at radius 1 is 1.41 bits per heavy atom. The van der Waals surface area contributed by atoms with Gasteiger partial charge in [0.25, 0.3) is 5.91 Å². The van der Waals surface area contributed by atoms with Gasteiger partial charge in [-0.3, -0.25) is 4.79 Å². The second-order valence-corrected chi connectivity index (χ2v) is 5.87. The van der Waals surface area contributed by atoms with E-state index in [9.17, 15) is 19.7 Å². The van der Waals surface area contributed by atoms with E-state index in [0.29, 0.717) is 11.0 Å². The van der Waals surface area contributed by atoms with Crippen LogP contribution in [0, 0.1) is 6.92 Å². The number of carbonyl (C=O) groups is 2. The van der Waals surface area contributed by atoms with Crippen LogP contribution in [-0.4, -0.2) is 45.9 Å². The highest BCUT2D eigenvalue weighted by Crippen LogP contribution is 2.17. The van der Waals surface area contributed by atoms with Crippen molar-refractivity contribution in [1.82, 2.24) is 5.32 Å². The summed E-state index contributed by atoms with van der Waals surface area (Å²) in [5, 5.41) is 31.1. The summed E-state index contributed by atoms with van der Waals surface area (Å²) in [6.45, 7) is 4.53. The molecule has 22 heavy (non-hydrogen) atoms. The molecule has 0 unspecified atom stereocenters. The summed E-state index contributed by atoms with van der Waals surface area (Å²) in [5.74, 6) is -1.96. The minimum Gasteiger partial charge on any atom is -0.480 e. The maximum absolute atomic E-state index is 12.3. The van der Waals surface area contributed by atoms with Crippen LogP contribution in [0.5, 0.6) is 0 Å². The monoisotopic (exact) mass is 307 g/mol. The summed E-state index contributed by atoms with van der Waals surface area (Å²) < 4.78 is 5.10. The lowest BCUT2D eigenvalue weighted by Crippen LogP contribution is -2.54. The summed E-state index contributed by atoms with van der Waals surface area (Å²) in [6, 6.07) is 1.76. The molecule has 0 aliphatic carbocycles. The number of hydrogen-bond donors (Lipinski definition) is 4. The Morgan fingerprint density at radius 2 is 2.05 bits per heavy atom. The molecule has 118 valence electrons. The molecular weight excluding hydrogens is 289 g/mol. The lowest BCUT2D eigenvalue weighted by molar-refractivity contribution is -0.145. The predicted molar refractivity (Wildman–Crippen MR) is 78.8 cm³/mol. The summed E-state index contributed by atoms with van der Waals surface area (Å²) in [6.07, 6.45) is 0. The van der Waals surface area contributed by atoms with Gasteiger partial charge in [0.15, 0.2) is 6.04 Å². The van der Waals surface area contributed by atoms with E-state index < -0.39 is 30.6 Å². The second-order valence-electron chi connectivity index (χ2n) is 5.87. The van der Waals surface area contributed by atoms with Gasteiger partial charge in [-0.25, -0.2) is 4.79 Å². The van der Waals surface area contributed by atoms with E-state index >= 15 is 0 Å². The van der Waals surface area contributed by atoms with E-state index in [1.807, 2.05) is 0 Å². The van der Waals surface area contributed by atoms with Crippen LogP contribution in [0.3, 0.4) is 0 Å². The largest absolute Gasteiger partial charge is 0.492 e. The van der Waals surface area contributed by atoms with Crippen molar-refractivity contribution in [3.8, 4) is 0 Å². The van der Waals surface area contributed by atoms with Gasteiger partial charge in [0, 0.05) is 5.56 Å². The number of amides is 1. The summed E-state index contributed by atoms with van der Waals surface area (Å²) in [5.41, 5.74) is 0.467. The second kappa shape index (κ2) is 5.71. The van der Waals surface area contributed by atoms with Crippen LogP contribution >= 0.6 is 0 Å². The number of hydrogen-bond acceptors (Lipinski definition) is 5. The summed E-state index contributed by atoms with van der Waals surface area (Å²) >= 11 is 0. The minimum atomic E-state index is -1.62. The Morgan fingerprint density at radius 3 is 2.59 bits per heavy atom. The Hall–Kier alpha value is -1.90. The van der Waals surface area contributed by atoms with Crippen LogP contribution in [0.4, 0.5) is 0 Å². The van der Waals surface area contributed by atoms with E-state index in [1.165, 1.54) is 13.8 Å². The molecule has 1 amide bonds. The molecular formula is C14H18BNO6. The molecule has 0 saturated carbocycles. The van der Waals surface area contributed by atoms with Gasteiger partial charge >= 0.3 is 13.1 Å². The Kier molecular flexibility index (Phi) is 4.28. The number of rotatable bonds is 4. The number of carbonyl (C=O) groups excluding carboxylic acids is 1. The molecule has 0 spiro atoms. The first-order valence-electron chi connectivity index (χ1n) is 6.81. The minimum absolute atomic E-state index is 0.235. The SMILES string of the molecule is Cc1c(C(=O)N[C@H](C(=O)O)C(C)(C)O)ccc2c1B(O)OC2. The number of benzene rings is 1. The van der Waals surface area contributed by atoms with E-state index in [-0.39, 0.29) is 12.2 Å². The molecule has 0 radical (unpaired) electrons. The first kappa shape index (κ1) is 16.5. The van der Waals surface area contributed by atoms with Crippen molar-refractivity contribution in [2.24, 2.45) is 0 Å². The fourth-order valence-corrected chi connectivity index (χ4v) is 2.50. The van der Waals surface area contributed by atoms with Crippen LogP contribution < -0.4 is 10.8 Å². The van der Waals surface area contributed by atoms with Gasteiger partial charge < -0.3 is 25.2 Å². The fourth-order valence-electron chi connectivity index (χ4n) is 2.50. The van der Waals surface area contributed by atoms with Crippen molar-refractivity contribution >= 4 is 24.5 Å². The van der Waals surface area contributed by atoms with E-state index in [0.717, 1.165) is 5.56 Å². The van der Waals surface area contributed by atoms with Crippen molar-refractivity contribution < 1.29 is 29.5 Å². The Bertz CT molecular complexity index is 624. The van der Waals surface area contributed by atoms with Gasteiger partial charge in [0.2, 0.25) is 0 Å².